The number of nitrogens with one attached hydrogen (secondary N) is 2. The number of aliphatic imine (C=N–C) groups is 1. The van der Waals surface area contributed by atoms with E-state index in [2.05, 4.69) is 57.9 Å². The number of morpholine rings is 1. The predicted octanol–water partition coefficient (Wildman–Crippen LogP) is 3.72. The Bertz CT molecular complexity index is 1080. The molecule has 0 spiro atoms. The van der Waals surface area contributed by atoms with Crippen molar-refractivity contribution < 1.29 is 9.47 Å². The molecule has 7 nitrogen and oxygen atoms in total. The summed E-state index contributed by atoms with van der Waals surface area (Å²) in [6, 6.07) is 0. The molecule has 3 heterocycles. The van der Waals surface area contributed by atoms with E-state index in [-0.39, 0.29) is 5.92 Å². The van der Waals surface area contributed by atoms with Crippen LogP contribution in [0.3, 0.4) is 0 Å². The van der Waals surface area contributed by atoms with Gasteiger partial charge >= 0.3 is 0 Å². The number of fused-ring (bicyclic) bond motifs is 1. The van der Waals surface area contributed by atoms with E-state index in [1.807, 2.05) is 0 Å². The monoisotopic (exact) mass is 461 g/mol. The van der Waals surface area contributed by atoms with E-state index < -0.39 is 0 Å². The molecule has 1 atom stereocenters. The van der Waals surface area contributed by atoms with Crippen LogP contribution >= 0.6 is 0 Å². The summed E-state index contributed by atoms with van der Waals surface area (Å²) in [5.41, 5.74) is 12.6. The fourth-order valence-electron chi connectivity index (χ4n) is 5.04. The number of aromatic amines is 1. The van der Waals surface area contributed by atoms with E-state index in [9.17, 15) is 0 Å². The van der Waals surface area contributed by atoms with Gasteiger partial charge in [0.25, 0.3) is 0 Å². The Morgan fingerprint density at radius 3 is 2.94 bits per heavy atom. The molecule has 0 saturated carbocycles. The normalized spacial score (nSPS) is 23.3. The van der Waals surface area contributed by atoms with Crippen LogP contribution in [0.5, 0.6) is 0 Å². The van der Waals surface area contributed by atoms with Gasteiger partial charge in [-0.1, -0.05) is 24.3 Å². The zero-order valence-electron chi connectivity index (χ0n) is 20.0. The molecule has 34 heavy (non-hydrogen) atoms. The van der Waals surface area contributed by atoms with Crippen LogP contribution in [0.1, 0.15) is 30.4 Å². The molecular weight excluding hydrogens is 426 g/mol. The summed E-state index contributed by atoms with van der Waals surface area (Å²) in [5, 5.41) is 3.56. The van der Waals surface area contributed by atoms with Gasteiger partial charge in [-0.25, -0.2) is 0 Å². The molecule has 0 radical (unpaired) electrons. The predicted molar refractivity (Wildman–Crippen MR) is 139 cm³/mol. The van der Waals surface area contributed by atoms with Crippen LogP contribution in [0.25, 0.3) is 11.6 Å². The van der Waals surface area contributed by atoms with Crippen LogP contribution in [-0.4, -0.2) is 68.8 Å². The maximum Gasteiger partial charge on any atom is 0.122 e. The topological polar surface area (TPSA) is 87.9 Å². The minimum absolute atomic E-state index is 0.141. The maximum absolute atomic E-state index is 6.43. The Morgan fingerprint density at radius 2 is 2.09 bits per heavy atom. The summed E-state index contributed by atoms with van der Waals surface area (Å²) in [6.07, 6.45) is 18.3. The fourth-order valence-corrected chi connectivity index (χ4v) is 5.04. The highest BCUT2D eigenvalue weighted by molar-refractivity contribution is 5.89. The fraction of sp³-hybridized carbons (Fsp3) is 0.444. The molecule has 1 unspecified atom stereocenters. The molecule has 0 aromatic carbocycles. The highest BCUT2D eigenvalue weighted by Gasteiger charge is 2.24. The van der Waals surface area contributed by atoms with E-state index in [0.29, 0.717) is 0 Å². The van der Waals surface area contributed by atoms with Gasteiger partial charge in [0.2, 0.25) is 0 Å². The Kier molecular flexibility index (Phi) is 7.02. The SMILES string of the molecule is COC1=CCCC=C1c1c[nH]c2c1C=C(C1=CC=CC(C(N)=NCCN3CCOCC3)C1)CN2. The second-order valence-corrected chi connectivity index (χ2v) is 9.13. The summed E-state index contributed by atoms with van der Waals surface area (Å²) in [5.74, 6) is 2.88. The summed E-state index contributed by atoms with van der Waals surface area (Å²) < 4.78 is 11.1. The highest BCUT2D eigenvalue weighted by atomic mass is 16.5. The van der Waals surface area contributed by atoms with Gasteiger partial charge in [-0.15, -0.1) is 0 Å². The first kappa shape index (κ1) is 22.7. The number of hydrogen-bond donors (Lipinski definition) is 3. The van der Waals surface area contributed by atoms with Crippen molar-refractivity contribution in [1.82, 2.24) is 9.88 Å². The molecule has 2 aliphatic heterocycles. The standard InChI is InChI=1S/C27H35N5O2/c1-33-25-8-3-2-7-22(25)24-18-31-27-23(24)16-21(17-30-27)19-5-4-6-20(15-19)26(28)29-9-10-32-11-13-34-14-12-32/h4-8,16,18,20,30-31H,2-3,9-15,17H2,1H3,(H2,28,29). The Hall–Kier alpha value is -3.03. The molecule has 1 aromatic heterocycles. The van der Waals surface area contributed by atoms with Gasteiger partial charge in [0, 0.05) is 55.0 Å². The van der Waals surface area contributed by atoms with E-state index in [4.69, 9.17) is 20.2 Å². The molecule has 1 aromatic rings. The first-order chi connectivity index (χ1) is 16.7. The van der Waals surface area contributed by atoms with Gasteiger partial charge in [0.05, 0.1) is 26.9 Å². The first-order valence-electron chi connectivity index (χ1n) is 12.3. The second kappa shape index (κ2) is 10.5. The van der Waals surface area contributed by atoms with Crippen molar-refractivity contribution >= 4 is 23.3 Å². The quantitative estimate of drug-likeness (QED) is 0.426. The lowest BCUT2D eigenvalue weighted by Crippen LogP contribution is -2.38. The van der Waals surface area contributed by atoms with Gasteiger partial charge in [-0.2, -0.15) is 0 Å². The minimum atomic E-state index is 0.141. The van der Waals surface area contributed by atoms with Gasteiger partial charge in [-0.05, 0) is 42.6 Å². The molecule has 1 fully saturated rings. The van der Waals surface area contributed by atoms with E-state index in [0.717, 1.165) is 88.2 Å². The molecule has 4 N–H and O–H groups in total. The molecular formula is C27H35N5O2. The molecule has 2 aliphatic carbocycles. The average molecular weight is 462 g/mol. The number of allylic oxidation sites excluding steroid dienone is 5. The van der Waals surface area contributed by atoms with Gasteiger partial charge in [-0.3, -0.25) is 9.89 Å². The van der Waals surface area contributed by atoms with Crippen molar-refractivity contribution in [3.63, 3.8) is 0 Å². The van der Waals surface area contributed by atoms with Crippen molar-refractivity contribution in [3.05, 3.63) is 64.6 Å². The Balaban J connectivity index is 1.28. The largest absolute Gasteiger partial charge is 0.496 e. The van der Waals surface area contributed by atoms with Gasteiger partial charge in [0.15, 0.2) is 0 Å². The molecule has 0 bridgehead atoms. The number of nitrogens with zero attached hydrogens (tertiary/aromatic N) is 2. The van der Waals surface area contributed by atoms with E-state index >= 15 is 0 Å². The second-order valence-electron chi connectivity index (χ2n) is 9.13. The van der Waals surface area contributed by atoms with Crippen LogP contribution in [0, 0.1) is 5.92 Å². The summed E-state index contributed by atoms with van der Waals surface area (Å²) in [4.78, 5) is 10.5. The average Bonchev–Trinajstić information content (AvgIpc) is 3.32. The van der Waals surface area contributed by atoms with Crippen LogP contribution in [0.2, 0.25) is 0 Å². The summed E-state index contributed by atoms with van der Waals surface area (Å²) >= 11 is 0. The highest BCUT2D eigenvalue weighted by Crippen LogP contribution is 2.38. The molecule has 4 aliphatic rings. The Morgan fingerprint density at radius 1 is 1.24 bits per heavy atom. The minimum Gasteiger partial charge on any atom is -0.496 e. The lowest BCUT2D eigenvalue weighted by atomic mass is 9.86. The lowest BCUT2D eigenvalue weighted by molar-refractivity contribution is 0.0394. The molecule has 5 rings (SSSR count). The van der Waals surface area contributed by atoms with Gasteiger partial charge in [0.1, 0.15) is 17.4 Å². The third kappa shape index (κ3) is 4.91. The number of nitrogens with two attached hydrogens (primary N) is 1. The van der Waals surface area contributed by atoms with Crippen LogP contribution in [-0.2, 0) is 9.47 Å². The van der Waals surface area contributed by atoms with Crippen LogP contribution < -0.4 is 11.1 Å². The van der Waals surface area contributed by atoms with Crippen molar-refractivity contribution in [3.8, 4) is 0 Å². The first-order valence-corrected chi connectivity index (χ1v) is 12.3. The zero-order valence-corrected chi connectivity index (χ0v) is 20.0. The summed E-state index contributed by atoms with van der Waals surface area (Å²) in [6.45, 7) is 6.05. The van der Waals surface area contributed by atoms with E-state index in [1.54, 1.807) is 7.11 Å². The third-order valence-corrected chi connectivity index (χ3v) is 7.00. The lowest BCUT2D eigenvalue weighted by Gasteiger charge is -2.26. The number of aromatic nitrogens is 1. The Labute approximate surface area is 201 Å². The maximum atomic E-state index is 6.43. The van der Waals surface area contributed by atoms with E-state index in [1.165, 1.54) is 22.3 Å². The number of H-pyrrole nitrogens is 1. The number of amidine groups is 1. The third-order valence-electron chi connectivity index (χ3n) is 7.00. The van der Waals surface area contributed by atoms with Gasteiger partial charge < -0.3 is 25.5 Å². The van der Waals surface area contributed by atoms with Crippen molar-refractivity contribution in [2.45, 2.75) is 19.3 Å². The number of rotatable bonds is 7. The number of methoxy groups -OCH3 is 1. The molecule has 0 amide bonds. The molecule has 1 saturated heterocycles. The summed E-state index contributed by atoms with van der Waals surface area (Å²) in [7, 11) is 1.75. The van der Waals surface area contributed by atoms with Crippen LogP contribution in [0.15, 0.2) is 58.5 Å². The molecule has 7 heteroatoms. The zero-order chi connectivity index (χ0) is 23.3. The van der Waals surface area contributed by atoms with Crippen LogP contribution in [0.4, 0.5) is 5.82 Å². The number of hydrogen-bond acceptors (Lipinski definition) is 5. The van der Waals surface area contributed by atoms with Crippen molar-refractivity contribution in [2.24, 2.45) is 16.6 Å². The number of anilines is 1. The van der Waals surface area contributed by atoms with Crippen molar-refractivity contribution in [1.29, 1.82) is 0 Å². The number of ether oxygens (including phenoxy) is 2. The smallest absolute Gasteiger partial charge is 0.122 e. The molecule has 180 valence electrons. The van der Waals surface area contributed by atoms with Crippen molar-refractivity contribution in [2.75, 3.05) is 58.4 Å².